The summed E-state index contributed by atoms with van der Waals surface area (Å²) >= 11 is 0. The monoisotopic (exact) mass is 252 g/mol. The van der Waals surface area contributed by atoms with Crippen LogP contribution in [0.3, 0.4) is 0 Å². The van der Waals surface area contributed by atoms with Gasteiger partial charge in [-0.3, -0.25) is 4.90 Å². The van der Waals surface area contributed by atoms with E-state index in [4.69, 9.17) is 0 Å². The number of hydrogen-bond donors (Lipinski definition) is 1. The minimum Gasteiger partial charge on any atom is -0.315 e. The molecule has 2 rings (SSSR count). The van der Waals surface area contributed by atoms with Crippen LogP contribution in [0, 0.1) is 11.8 Å². The summed E-state index contributed by atoms with van der Waals surface area (Å²) in [5, 5.41) is 3.73. The molecule has 0 aromatic heterocycles. The molecule has 1 saturated heterocycles. The van der Waals surface area contributed by atoms with Gasteiger partial charge in [0.05, 0.1) is 0 Å². The van der Waals surface area contributed by atoms with Crippen molar-refractivity contribution in [2.24, 2.45) is 11.8 Å². The molecule has 0 aromatic carbocycles. The molecular weight excluding hydrogens is 220 g/mol. The molecule has 0 amide bonds. The lowest BCUT2D eigenvalue weighted by molar-refractivity contribution is 0.167. The van der Waals surface area contributed by atoms with E-state index in [0.717, 1.165) is 17.9 Å². The van der Waals surface area contributed by atoms with Crippen LogP contribution >= 0.6 is 0 Å². The van der Waals surface area contributed by atoms with Crippen LogP contribution < -0.4 is 5.32 Å². The first-order valence-electron chi connectivity index (χ1n) is 8.20. The van der Waals surface area contributed by atoms with Crippen LogP contribution in [0.4, 0.5) is 0 Å². The molecule has 0 radical (unpaired) electrons. The fourth-order valence-corrected chi connectivity index (χ4v) is 3.73. The fraction of sp³-hybridized carbons (Fsp3) is 1.00. The van der Waals surface area contributed by atoms with Crippen molar-refractivity contribution in [2.45, 2.75) is 64.8 Å². The van der Waals surface area contributed by atoms with Crippen molar-refractivity contribution in [3.63, 3.8) is 0 Å². The largest absolute Gasteiger partial charge is 0.315 e. The number of nitrogens with zero attached hydrogens (tertiary/aromatic N) is 1. The first-order chi connectivity index (χ1) is 8.75. The minimum atomic E-state index is 0.728. The van der Waals surface area contributed by atoms with Crippen LogP contribution in [0.15, 0.2) is 0 Å². The van der Waals surface area contributed by atoms with E-state index in [1.165, 1.54) is 71.1 Å². The third kappa shape index (κ3) is 4.55. The zero-order valence-electron chi connectivity index (χ0n) is 12.5. The Morgan fingerprint density at radius 3 is 2.61 bits per heavy atom. The summed E-state index contributed by atoms with van der Waals surface area (Å²) in [6.07, 6.45) is 10.1. The van der Waals surface area contributed by atoms with E-state index in [0.29, 0.717) is 0 Å². The topological polar surface area (TPSA) is 15.3 Å². The third-order valence-electron chi connectivity index (χ3n) is 4.93. The van der Waals surface area contributed by atoms with Crippen LogP contribution in [0.25, 0.3) is 0 Å². The highest BCUT2D eigenvalue weighted by Gasteiger charge is 2.20. The molecule has 1 saturated carbocycles. The molecule has 1 N–H and O–H groups in total. The Bertz CT molecular complexity index is 223. The van der Waals surface area contributed by atoms with E-state index in [2.05, 4.69) is 24.1 Å². The molecule has 1 aliphatic heterocycles. The number of nitrogens with one attached hydrogen (secondary N) is 1. The van der Waals surface area contributed by atoms with Gasteiger partial charge in [-0.15, -0.1) is 0 Å². The predicted octanol–water partition coefficient (Wildman–Crippen LogP) is 3.28. The van der Waals surface area contributed by atoms with Gasteiger partial charge in [-0.25, -0.2) is 0 Å². The molecule has 18 heavy (non-hydrogen) atoms. The van der Waals surface area contributed by atoms with Crippen LogP contribution in [0.5, 0.6) is 0 Å². The Balaban J connectivity index is 1.59. The zero-order valence-corrected chi connectivity index (χ0v) is 12.5. The average Bonchev–Trinajstić information content (AvgIpc) is 2.40. The smallest absolute Gasteiger partial charge is 0.0192 e. The normalized spacial score (nSPS) is 32.3. The molecule has 2 fully saturated rings. The van der Waals surface area contributed by atoms with Crippen LogP contribution in [-0.4, -0.2) is 37.1 Å². The second kappa shape index (κ2) is 7.49. The molecule has 0 aromatic rings. The third-order valence-corrected chi connectivity index (χ3v) is 4.93. The zero-order chi connectivity index (χ0) is 12.8. The molecule has 3 atom stereocenters. The molecule has 2 nitrogen and oxygen atoms in total. The highest BCUT2D eigenvalue weighted by atomic mass is 15.2. The average molecular weight is 252 g/mol. The molecule has 2 heteroatoms. The van der Waals surface area contributed by atoms with E-state index in [-0.39, 0.29) is 0 Å². The maximum Gasteiger partial charge on any atom is 0.0192 e. The van der Waals surface area contributed by atoms with Gasteiger partial charge in [0.1, 0.15) is 0 Å². The maximum absolute atomic E-state index is 3.73. The Morgan fingerprint density at radius 2 is 1.89 bits per heavy atom. The van der Waals surface area contributed by atoms with Gasteiger partial charge >= 0.3 is 0 Å². The number of likely N-dealkylation sites (tertiary alicyclic amines) is 1. The first-order valence-corrected chi connectivity index (χ1v) is 8.20. The van der Waals surface area contributed by atoms with E-state index in [9.17, 15) is 0 Å². The first kappa shape index (κ1) is 14.3. The minimum absolute atomic E-state index is 0.728. The Morgan fingerprint density at radius 1 is 1.11 bits per heavy atom. The molecule has 106 valence electrons. The second-order valence-corrected chi connectivity index (χ2v) is 6.74. The molecule has 0 bridgehead atoms. The highest BCUT2D eigenvalue weighted by molar-refractivity contribution is 4.76. The van der Waals surface area contributed by atoms with Crippen molar-refractivity contribution in [3.8, 4) is 0 Å². The lowest BCUT2D eigenvalue weighted by Gasteiger charge is -2.33. The van der Waals surface area contributed by atoms with Gasteiger partial charge in [-0.1, -0.05) is 26.2 Å². The molecule has 2 aliphatic rings. The summed E-state index contributed by atoms with van der Waals surface area (Å²) in [5.41, 5.74) is 0. The van der Waals surface area contributed by atoms with Crippen molar-refractivity contribution in [1.82, 2.24) is 10.2 Å². The highest BCUT2D eigenvalue weighted by Crippen LogP contribution is 2.27. The summed E-state index contributed by atoms with van der Waals surface area (Å²) in [7, 11) is 0. The van der Waals surface area contributed by atoms with Crippen molar-refractivity contribution >= 4 is 0 Å². The van der Waals surface area contributed by atoms with Crippen molar-refractivity contribution in [2.75, 3.05) is 26.2 Å². The fourth-order valence-electron chi connectivity index (χ4n) is 3.73. The van der Waals surface area contributed by atoms with Crippen molar-refractivity contribution < 1.29 is 0 Å². The summed E-state index contributed by atoms with van der Waals surface area (Å²) < 4.78 is 0. The molecule has 0 spiro atoms. The molecule has 1 aliphatic carbocycles. The second-order valence-electron chi connectivity index (χ2n) is 6.74. The predicted molar refractivity (Wildman–Crippen MR) is 78.9 cm³/mol. The SMILES string of the molecule is CC1CCCC(CNCC(C)N2CCCCC2)C1. The standard InChI is InChI=1S/C16H32N2/c1-14-7-6-8-16(11-14)13-17-12-15(2)18-9-4-3-5-10-18/h14-17H,3-13H2,1-2H3. The van der Waals surface area contributed by atoms with Crippen LogP contribution in [0.1, 0.15) is 58.8 Å². The quantitative estimate of drug-likeness (QED) is 0.808. The van der Waals surface area contributed by atoms with E-state index >= 15 is 0 Å². The number of piperidine rings is 1. The summed E-state index contributed by atoms with van der Waals surface area (Å²) in [6.45, 7) is 9.89. The lowest BCUT2D eigenvalue weighted by atomic mass is 9.82. The number of hydrogen-bond acceptors (Lipinski definition) is 2. The molecular formula is C16H32N2. The van der Waals surface area contributed by atoms with Crippen molar-refractivity contribution in [3.05, 3.63) is 0 Å². The van der Waals surface area contributed by atoms with Gasteiger partial charge in [-0.05, 0) is 64.1 Å². The van der Waals surface area contributed by atoms with Gasteiger partial charge < -0.3 is 5.32 Å². The Hall–Kier alpha value is -0.0800. The lowest BCUT2D eigenvalue weighted by Crippen LogP contribution is -2.44. The van der Waals surface area contributed by atoms with Gasteiger partial charge in [0, 0.05) is 12.6 Å². The Labute approximate surface area is 114 Å². The van der Waals surface area contributed by atoms with Crippen molar-refractivity contribution in [1.29, 1.82) is 0 Å². The van der Waals surface area contributed by atoms with Crippen LogP contribution in [0.2, 0.25) is 0 Å². The summed E-state index contributed by atoms with van der Waals surface area (Å²) in [5.74, 6) is 1.91. The number of rotatable bonds is 5. The molecule has 3 unspecified atom stereocenters. The Kier molecular flexibility index (Phi) is 5.97. The van der Waals surface area contributed by atoms with E-state index < -0.39 is 0 Å². The van der Waals surface area contributed by atoms with Gasteiger partial charge in [0.25, 0.3) is 0 Å². The van der Waals surface area contributed by atoms with Gasteiger partial charge in [0.2, 0.25) is 0 Å². The summed E-state index contributed by atoms with van der Waals surface area (Å²) in [6, 6.07) is 0.728. The van der Waals surface area contributed by atoms with Gasteiger partial charge in [0.15, 0.2) is 0 Å². The van der Waals surface area contributed by atoms with Crippen LogP contribution in [-0.2, 0) is 0 Å². The van der Waals surface area contributed by atoms with E-state index in [1.807, 2.05) is 0 Å². The molecule has 1 heterocycles. The van der Waals surface area contributed by atoms with E-state index in [1.54, 1.807) is 0 Å². The maximum atomic E-state index is 3.73. The van der Waals surface area contributed by atoms with Gasteiger partial charge in [-0.2, -0.15) is 0 Å². The summed E-state index contributed by atoms with van der Waals surface area (Å²) in [4.78, 5) is 2.67.